The second kappa shape index (κ2) is 10.8. The lowest BCUT2D eigenvalue weighted by atomic mass is 10.1. The summed E-state index contributed by atoms with van der Waals surface area (Å²) in [4.78, 5) is 42.8. The Bertz CT molecular complexity index is 1520. The minimum atomic E-state index is -0.796. The fourth-order valence-corrected chi connectivity index (χ4v) is 5.38. The Morgan fingerprint density at radius 2 is 1.95 bits per heavy atom. The average molecular weight is 534 g/mol. The zero-order valence-electron chi connectivity index (χ0n) is 21.7. The molecule has 5 rings (SSSR count). The summed E-state index contributed by atoms with van der Waals surface area (Å²) in [5.74, 6) is -2.72. The fraction of sp³-hybridized carbons (Fsp3) is 0.300. The number of carbonyl (C=O) groups is 2. The van der Waals surface area contributed by atoms with Crippen LogP contribution in [0, 0.1) is 11.6 Å². The normalized spacial score (nSPS) is 16.9. The van der Waals surface area contributed by atoms with Gasteiger partial charge in [-0.25, -0.2) is 8.78 Å². The number of aromatic nitrogens is 1. The molecule has 3 aromatic rings. The summed E-state index contributed by atoms with van der Waals surface area (Å²) in [7, 11) is 0. The predicted octanol–water partition coefficient (Wildman–Crippen LogP) is 4.54. The first-order valence-corrected chi connectivity index (χ1v) is 12.9. The van der Waals surface area contributed by atoms with Crippen molar-refractivity contribution in [3.63, 3.8) is 0 Å². The Morgan fingerprint density at radius 1 is 1.18 bits per heavy atom. The summed E-state index contributed by atoms with van der Waals surface area (Å²) < 4.78 is 35.3. The van der Waals surface area contributed by atoms with Crippen LogP contribution in [0.5, 0.6) is 5.75 Å². The molecule has 2 atom stereocenters. The van der Waals surface area contributed by atoms with Crippen LogP contribution in [0.1, 0.15) is 64.0 Å². The molecule has 0 fully saturated rings. The van der Waals surface area contributed by atoms with E-state index in [1.165, 1.54) is 6.07 Å². The van der Waals surface area contributed by atoms with Gasteiger partial charge in [0, 0.05) is 36.5 Å². The molecular formula is C30H29F2N3O4. The van der Waals surface area contributed by atoms with Gasteiger partial charge < -0.3 is 19.5 Å². The van der Waals surface area contributed by atoms with Gasteiger partial charge in [-0.05, 0) is 38.3 Å². The molecule has 2 aliphatic rings. The molecule has 0 spiro atoms. The molecule has 1 aromatic heterocycles. The molecule has 9 heteroatoms. The number of hydrogen-bond acceptors (Lipinski definition) is 4. The zero-order valence-corrected chi connectivity index (χ0v) is 21.7. The quantitative estimate of drug-likeness (QED) is 0.431. The van der Waals surface area contributed by atoms with Crippen LogP contribution in [0.3, 0.4) is 0 Å². The molecule has 3 heterocycles. The molecule has 0 aliphatic carbocycles. The van der Waals surface area contributed by atoms with Crippen molar-refractivity contribution < 1.29 is 23.1 Å². The van der Waals surface area contributed by atoms with Gasteiger partial charge in [-0.1, -0.05) is 48.6 Å². The number of rotatable bonds is 8. The van der Waals surface area contributed by atoms with E-state index < -0.39 is 23.0 Å². The Labute approximate surface area is 224 Å². The van der Waals surface area contributed by atoms with Crippen molar-refractivity contribution in [1.82, 2.24) is 14.8 Å². The number of ether oxygens (including phenoxy) is 1. The second-order valence-corrected chi connectivity index (χ2v) is 9.81. The predicted molar refractivity (Wildman–Crippen MR) is 142 cm³/mol. The largest absolute Gasteiger partial charge is 0.483 e. The highest BCUT2D eigenvalue weighted by Gasteiger charge is 2.42. The van der Waals surface area contributed by atoms with Crippen molar-refractivity contribution in [3.8, 4) is 5.75 Å². The Kier molecular flexibility index (Phi) is 7.32. The molecule has 2 amide bonds. The number of hydrogen-bond donors (Lipinski definition) is 1. The van der Waals surface area contributed by atoms with Crippen LogP contribution in [0.4, 0.5) is 8.78 Å². The van der Waals surface area contributed by atoms with E-state index in [4.69, 9.17) is 4.74 Å². The summed E-state index contributed by atoms with van der Waals surface area (Å²) in [6, 6.07) is 12.0. The van der Waals surface area contributed by atoms with Crippen LogP contribution >= 0.6 is 0 Å². The van der Waals surface area contributed by atoms with E-state index >= 15 is 0 Å². The number of pyridine rings is 1. The first-order chi connectivity index (χ1) is 18.8. The number of allylic oxidation sites excluding steroid dienone is 1. The first-order valence-electron chi connectivity index (χ1n) is 12.9. The summed E-state index contributed by atoms with van der Waals surface area (Å²) in [5, 5.41) is 2.60. The van der Waals surface area contributed by atoms with Crippen LogP contribution < -0.4 is 15.5 Å². The maximum atomic E-state index is 14.2. The first kappa shape index (κ1) is 26.3. The third-order valence-corrected chi connectivity index (χ3v) is 7.29. The molecule has 202 valence electrons. The van der Waals surface area contributed by atoms with Crippen molar-refractivity contribution in [2.75, 3.05) is 6.54 Å². The van der Waals surface area contributed by atoms with Gasteiger partial charge in [-0.15, -0.1) is 0 Å². The number of benzene rings is 2. The summed E-state index contributed by atoms with van der Waals surface area (Å²) >= 11 is 0. The van der Waals surface area contributed by atoms with Gasteiger partial charge in [-0.2, -0.15) is 0 Å². The Morgan fingerprint density at radius 3 is 2.67 bits per heavy atom. The lowest BCUT2D eigenvalue weighted by molar-refractivity contribution is 0.0623. The molecule has 2 aromatic carbocycles. The van der Waals surface area contributed by atoms with E-state index in [-0.39, 0.29) is 53.7 Å². The minimum absolute atomic E-state index is 0.0344. The lowest BCUT2D eigenvalue weighted by Gasteiger charge is -2.37. The van der Waals surface area contributed by atoms with Gasteiger partial charge in [0.05, 0.1) is 6.04 Å². The third kappa shape index (κ3) is 4.96. The van der Waals surface area contributed by atoms with E-state index in [0.717, 1.165) is 17.7 Å². The number of halogens is 2. The summed E-state index contributed by atoms with van der Waals surface area (Å²) in [6.07, 6.45) is 4.87. The third-order valence-electron chi connectivity index (χ3n) is 7.29. The zero-order chi connectivity index (χ0) is 27.7. The fourth-order valence-electron chi connectivity index (χ4n) is 5.38. The van der Waals surface area contributed by atoms with Crippen LogP contribution in [0.2, 0.25) is 0 Å². The van der Waals surface area contributed by atoms with Crippen LogP contribution in [0.15, 0.2) is 65.5 Å². The molecule has 7 nitrogen and oxygen atoms in total. The minimum Gasteiger partial charge on any atom is -0.483 e. The van der Waals surface area contributed by atoms with Crippen molar-refractivity contribution in [2.24, 2.45) is 0 Å². The molecule has 39 heavy (non-hydrogen) atoms. The number of carbonyl (C=O) groups excluding carboxylic acids is 2. The van der Waals surface area contributed by atoms with Crippen molar-refractivity contribution in [3.05, 3.63) is 111 Å². The Hall–Kier alpha value is -4.27. The maximum absolute atomic E-state index is 14.2. The number of amides is 2. The van der Waals surface area contributed by atoms with E-state index in [1.54, 1.807) is 9.47 Å². The average Bonchev–Trinajstić information content (AvgIpc) is 3.33. The highest BCUT2D eigenvalue weighted by Crippen LogP contribution is 2.38. The second-order valence-electron chi connectivity index (χ2n) is 9.81. The number of nitrogens with one attached hydrogen (secondary N) is 1. The molecule has 0 unspecified atom stereocenters. The summed E-state index contributed by atoms with van der Waals surface area (Å²) in [5.41, 5.74) is 0.703. The Balaban J connectivity index is 1.57. The molecule has 0 radical (unpaired) electrons. The molecular weight excluding hydrogens is 504 g/mol. The van der Waals surface area contributed by atoms with E-state index in [9.17, 15) is 23.2 Å². The van der Waals surface area contributed by atoms with Gasteiger partial charge in [-0.3, -0.25) is 14.4 Å². The highest BCUT2D eigenvalue weighted by molar-refractivity contribution is 6.00. The van der Waals surface area contributed by atoms with Crippen LogP contribution in [-0.2, 0) is 19.6 Å². The summed E-state index contributed by atoms with van der Waals surface area (Å²) in [6.45, 7) is 4.04. The molecule has 0 saturated carbocycles. The van der Waals surface area contributed by atoms with Gasteiger partial charge in [0.2, 0.25) is 5.43 Å². The lowest BCUT2D eigenvalue weighted by Crippen LogP contribution is -2.48. The molecule has 2 aliphatic heterocycles. The molecule has 0 bridgehead atoms. The van der Waals surface area contributed by atoms with Gasteiger partial charge in [0.1, 0.15) is 23.8 Å². The topological polar surface area (TPSA) is 80.6 Å². The van der Waals surface area contributed by atoms with E-state index in [2.05, 4.69) is 5.32 Å². The van der Waals surface area contributed by atoms with Crippen LogP contribution in [0.25, 0.3) is 0 Å². The molecule has 0 saturated heterocycles. The monoisotopic (exact) mass is 533 g/mol. The van der Waals surface area contributed by atoms with Gasteiger partial charge in [0.25, 0.3) is 11.8 Å². The van der Waals surface area contributed by atoms with Crippen molar-refractivity contribution in [1.29, 1.82) is 0 Å². The standard InChI is InChI=1S/C30H29F2N3O4/c1-3-7-18(2)34-16-22-12-13-24-25(29(37)33-15-20-10-11-21(31)14-23(20)32)27(36)28(26(30(34)38)35(22)24)39-17-19-8-5-4-6-9-19/h3-11,14,18,22H,12-13,15-17H2,1-2H3,(H,33,37)/b7-3-/t18-,22+/m0/s1. The van der Waals surface area contributed by atoms with E-state index in [1.807, 2.05) is 56.3 Å². The van der Waals surface area contributed by atoms with Crippen molar-refractivity contribution in [2.45, 2.75) is 51.9 Å². The SMILES string of the molecule is C/C=C\[C@H](C)N1C[C@H]2CCc3c(C(=O)NCc4ccc(F)cc4F)c(=O)c(OCc4ccccc4)c(n32)C1=O. The highest BCUT2D eigenvalue weighted by atomic mass is 19.1. The maximum Gasteiger partial charge on any atom is 0.275 e. The van der Waals surface area contributed by atoms with E-state index in [0.29, 0.717) is 25.1 Å². The van der Waals surface area contributed by atoms with Gasteiger partial charge in [0.15, 0.2) is 11.4 Å². The molecule has 1 N–H and O–H groups in total. The van der Waals surface area contributed by atoms with Gasteiger partial charge >= 0.3 is 0 Å². The number of nitrogens with zero attached hydrogens (tertiary/aromatic N) is 2. The van der Waals surface area contributed by atoms with Crippen LogP contribution in [-0.4, -0.2) is 33.9 Å². The smallest absolute Gasteiger partial charge is 0.275 e. The van der Waals surface area contributed by atoms with Crippen molar-refractivity contribution >= 4 is 11.8 Å².